The smallest absolute Gasteiger partial charge is 0.151 e. The molecule has 0 aliphatic rings. The van der Waals surface area contributed by atoms with Gasteiger partial charge in [-0.25, -0.2) is 12.8 Å². The molecule has 0 fully saturated rings. The maximum Gasteiger partial charge on any atom is 0.151 e. The Hall–Kier alpha value is -1.30. The number of hydrogen-bond acceptors (Lipinski definition) is 4. The number of hydrogen-bond donors (Lipinski definition) is 1. The van der Waals surface area contributed by atoms with Crippen LogP contribution in [-0.2, 0) is 9.84 Å². The predicted molar refractivity (Wildman–Crippen MR) is 65.8 cm³/mol. The molecule has 0 radical (unpaired) electrons. The monoisotopic (exact) mass is 261 g/mol. The van der Waals surface area contributed by atoms with Gasteiger partial charge >= 0.3 is 0 Å². The third-order valence-corrected chi connectivity index (χ3v) is 4.04. The summed E-state index contributed by atoms with van der Waals surface area (Å²) in [5.74, 6) is 0.131. The summed E-state index contributed by atoms with van der Waals surface area (Å²) in [6.07, 6.45) is 0. The Bertz CT molecular complexity index is 474. The molecule has 1 rings (SSSR count). The lowest BCUT2D eigenvalue weighted by molar-refractivity contribution is 0.413. The lowest BCUT2D eigenvalue weighted by Crippen LogP contribution is -2.17. The Morgan fingerprint density at radius 1 is 1.41 bits per heavy atom. The molecule has 4 nitrogen and oxygen atoms in total. The van der Waals surface area contributed by atoms with Crippen molar-refractivity contribution in [3.8, 4) is 5.75 Å². The van der Waals surface area contributed by atoms with Crippen molar-refractivity contribution in [2.75, 3.05) is 30.5 Å². The van der Waals surface area contributed by atoms with Crippen molar-refractivity contribution in [3.05, 3.63) is 24.0 Å². The van der Waals surface area contributed by atoms with Crippen LogP contribution in [0.4, 0.5) is 10.1 Å². The molecule has 0 heterocycles. The zero-order valence-electron chi connectivity index (χ0n) is 9.86. The first kappa shape index (κ1) is 13.8. The molecular formula is C11H16FNO3S. The molecule has 0 unspecified atom stereocenters. The van der Waals surface area contributed by atoms with Crippen molar-refractivity contribution in [1.29, 1.82) is 0 Å². The molecule has 17 heavy (non-hydrogen) atoms. The fourth-order valence-electron chi connectivity index (χ4n) is 1.30. The second kappa shape index (κ2) is 5.86. The Morgan fingerprint density at radius 2 is 2.12 bits per heavy atom. The van der Waals surface area contributed by atoms with E-state index in [-0.39, 0.29) is 18.1 Å². The van der Waals surface area contributed by atoms with Gasteiger partial charge in [0.25, 0.3) is 0 Å². The van der Waals surface area contributed by atoms with Gasteiger partial charge in [0.15, 0.2) is 9.84 Å². The normalized spacial score (nSPS) is 11.2. The Labute approximate surface area is 101 Å². The molecular weight excluding hydrogens is 245 g/mol. The van der Waals surface area contributed by atoms with Crippen LogP contribution in [0.3, 0.4) is 0 Å². The van der Waals surface area contributed by atoms with E-state index in [9.17, 15) is 12.8 Å². The lowest BCUT2D eigenvalue weighted by Gasteiger charge is -2.10. The van der Waals surface area contributed by atoms with Crippen molar-refractivity contribution >= 4 is 15.5 Å². The van der Waals surface area contributed by atoms with Gasteiger partial charge in [0.05, 0.1) is 18.6 Å². The van der Waals surface area contributed by atoms with Gasteiger partial charge in [-0.1, -0.05) is 6.92 Å². The van der Waals surface area contributed by atoms with E-state index in [2.05, 4.69) is 5.32 Å². The molecule has 96 valence electrons. The molecule has 0 bridgehead atoms. The minimum Gasteiger partial charge on any atom is -0.494 e. The van der Waals surface area contributed by atoms with Gasteiger partial charge in [-0.15, -0.1) is 0 Å². The largest absolute Gasteiger partial charge is 0.494 e. The van der Waals surface area contributed by atoms with Crippen molar-refractivity contribution in [2.24, 2.45) is 0 Å². The third-order valence-electron chi connectivity index (χ3n) is 2.33. The van der Waals surface area contributed by atoms with Crippen molar-refractivity contribution in [1.82, 2.24) is 0 Å². The van der Waals surface area contributed by atoms with Gasteiger partial charge in [0, 0.05) is 18.4 Å². The zero-order valence-corrected chi connectivity index (χ0v) is 10.7. The minimum atomic E-state index is -2.99. The van der Waals surface area contributed by atoms with E-state index >= 15 is 0 Å². The Morgan fingerprint density at radius 3 is 2.71 bits per heavy atom. The first-order valence-electron chi connectivity index (χ1n) is 5.26. The molecule has 0 aromatic heterocycles. The van der Waals surface area contributed by atoms with E-state index in [1.165, 1.54) is 25.3 Å². The molecule has 1 N–H and O–H groups in total. The summed E-state index contributed by atoms with van der Waals surface area (Å²) < 4.78 is 40.4. The first-order valence-corrected chi connectivity index (χ1v) is 7.08. The molecule has 6 heteroatoms. The molecule has 0 spiro atoms. The molecule has 1 aromatic rings. The van der Waals surface area contributed by atoms with Gasteiger partial charge in [-0.05, 0) is 12.1 Å². The fraction of sp³-hybridized carbons (Fsp3) is 0.455. The molecule has 0 amide bonds. The number of rotatable bonds is 6. The first-order chi connectivity index (χ1) is 7.98. The predicted octanol–water partition coefficient (Wildman–Crippen LogP) is 1.68. The van der Waals surface area contributed by atoms with Crippen LogP contribution in [0.25, 0.3) is 0 Å². The Balaban J connectivity index is 2.64. The van der Waals surface area contributed by atoms with Crippen LogP contribution in [-0.4, -0.2) is 33.6 Å². The molecule has 0 aliphatic heterocycles. The van der Waals surface area contributed by atoms with Crippen LogP contribution in [0.5, 0.6) is 5.75 Å². The van der Waals surface area contributed by atoms with Gasteiger partial charge in [-0.3, -0.25) is 0 Å². The van der Waals surface area contributed by atoms with Crippen LogP contribution in [0, 0.1) is 5.82 Å². The molecule has 1 aromatic carbocycles. The van der Waals surface area contributed by atoms with Gasteiger partial charge in [-0.2, -0.15) is 0 Å². The van der Waals surface area contributed by atoms with Crippen molar-refractivity contribution < 1.29 is 17.5 Å². The second-order valence-electron chi connectivity index (χ2n) is 3.51. The average Bonchev–Trinajstić information content (AvgIpc) is 2.30. The van der Waals surface area contributed by atoms with Crippen molar-refractivity contribution in [3.63, 3.8) is 0 Å². The van der Waals surface area contributed by atoms with Gasteiger partial charge < -0.3 is 10.1 Å². The van der Waals surface area contributed by atoms with E-state index in [1.54, 1.807) is 6.92 Å². The van der Waals surface area contributed by atoms with Crippen LogP contribution in [0.1, 0.15) is 6.92 Å². The molecule has 0 saturated heterocycles. The van der Waals surface area contributed by atoms with E-state index in [4.69, 9.17) is 4.74 Å². The summed E-state index contributed by atoms with van der Waals surface area (Å²) in [6, 6.07) is 4.06. The number of halogens is 1. The highest BCUT2D eigenvalue weighted by Gasteiger charge is 2.08. The van der Waals surface area contributed by atoms with E-state index in [1.807, 2.05) is 0 Å². The fourth-order valence-corrected chi connectivity index (χ4v) is 2.00. The number of benzene rings is 1. The topological polar surface area (TPSA) is 55.4 Å². The number of anilines is 1. The summed E-state index contributed by atoms with van der Waals surface area (Å²) in [5, 5.41) is 2.91. The molecule has 0 atom stereocenters. The van der Waals surface area contributed by atoms with E-state index in [0.29, 0.717) is 11.4 Å². The number of nitrogens with one attached hydrogen (secondary N) is 1. The summed E-state index contributed by atoms with van der Waals surface area (Å²) in [5.41, 5.74) is 0.584. The average molecular weight is 261 g/mol. The number of methoxy groups -OCH3 is 1. The second-order valence-corrected chi connectivity index (χ2v) is 5.98. The maximum atomic E-state index is 12.9. The van der Waals surface area contributed by atoms with Crippen LogP contribution >= 0.6 is 0 Å². The van der Waals surface area contributed by atoms with Crippen LogP contribution in [0.15, 0.2) is 18.2 Å². The van der Waals surface area contributed by atoms with E-state index < -0.39 is 15.7 Å². The highest BCUT2D eigenvalue weighted by Crippen LogP contribution is 2.24. The highest BCUT2D eigenvalue weighted by molar-refractivity contribution is 7.91. The number of ether oxygens (including phenoxy) is 1. The van der Waals surface area contributed by atoms with Gasteiger partial charge in [0.1, 0.15) is 11.6 Å². The molecule has 0 saturated carbocycles. The zero-order chi connectivity index (χ0) is 12.9. The highest BCUT2D eigenvalue weighted by atomic mass is 32.2. The third kappa shape index (κ3) is 4.22. The van der Waals surface area contributed by atoms with Gasteiger partial charge in [0.2, 0.25) is 0 Å². The van der Waals surface area contributed by atoms with Crippen LogP contribution in [0.2, 0.25) is 0 Å². The molecule has 0 aliphatic carbocycles. The van der Waals surface area contributed by atoms with Crippen LogP contribution < -0.4 is 10.1 Å². The SMILES string of the molecule is CCS(=O)(=O)CCNc1ccc(F)cc1OC. The maximum absolute atomic E-state index is 12.9. The standard InChI is InChI=1S/C11H16FNO3S/c1-3-17(14,15)7-6-13-10-5-4-9(12)8-11(10)16-2/h4-5,8,13H,3,6-7H2,1-2H3. The summed E-state index contributed by atoms with van der Waals surface area (Å²) >= 11 is 0. The minimum absolute atomic E-state index is 0.0457. The summed E-state index contributed by atoms with van der Waals surface area (Å²) in [7, 11) is -1.56. The van der Waals surface area contributed by atoms with Crippen molar-refractivity contribution in [2.45, 2.75) is 6.92 Å². The lowest BCUT2D eigenvalue weighted by atomic mass is 10.3. The number of sulfone groups is 1. The summed E-state index contributed by atoms with van der Waals surface area (Å²) in [4.78, 5) is 0. The Kier molecular flexibility index (Phi) is 4.74. The quantitative estimate of drug-likeness (QED) is 0.846. The summed E-state index contributed by atoms with van der Waals surface area (Å²) in [6.45, 7) is 1.88. The van der Waals surface area contributed by atoms with E-state index in [0.717, 1.165) is 0 Å².